The predicted octanol–water partition coefficient (Wildman–Crippen LogP) is -1.72. The monoisotopic (exact) mass is 402 g/mol. The van der Waals surface area contributed by atoms with E-state index < -0.39 is 23.1 Å². The van der Waals surface area contributed by atoms with Gasteiger partial charge in [0.25, 0.3) is 0 Å². The van der Waals surface area contributed by atoms with E-state index in [2.05, 4.69) is 0 Å². The van der Waals surface area contributed by atoms with Crippen LogP contribution in [0.5, 0.6) is 0 Å². The van der Waals surface area contributed by atoms with Crippen LogP contribution in [-0.2, 0) is 31.3 Å². The van der Waals surface area contributed by atoms with Crippen molar-refractivity contribution in [1.82, 2.24) is 0 Å². The Bertz CT molecular complexity index is 285. The van der Waals surface area contributed by atoms with E-state index in [4.69, 9.17) is 20.4 Å². The summed E-state index contributed by atoms with van der Waals surface area (Å²) in [5.41, 5.74) is -3.39. The first-order valence-electron chi connectivity index (χ1n) is 7.52. The molecule has 0 fully saturated rings. The fraction of sp³-hybridized carbons (Fsp3) is 0.875. The molecule has 0 atom stereocenters. The Hall–Kier alpha value is -0.506. The van der Waals surface area contributed by atoms with Crippen LogP contribution in [0.15, 0.2) is 0 Å². The SMILES string of the molecule is CC(C)(O)C(=O)[O-].CC(C)(O)C(=O)[O-].CC(C)CO.CC(C)CO.[Ti+2]. The van der Waals surface area contributed by atoms with E-state index in [-0.39, 0.29) is 21.7 Å². The van der Waals surface area contributed by atoms with Gasteiger partial charge in [-0.25, -0.2) is 0 Å². The van der Waals surface area contributed by atoms with E-state index in [9.17, 15) is 19.8 Å². The number of rotatable bonds is 4. The molecule has 25 heavy (non-hydrogen) atoms. The smallest absolute Gasteiger partial charge is 0.547 e. The second-order valence-corrected chi connectivity index (χ2v) is 6.85. The third-order valence-electron chi connectivity index (χ3n) is 1.73. The van der Waals surface area contributed by atoms with Crippen LogP contribution in [-0.4, -0.2) is 56.8 Å². The molecular weight excluding hydrogens is 368 g/mol. The number of hydrogen-bond donors (Lipinski definition) is 4. The molecule has 0 heterocycles. The number of carbonyl (C=O) groups is 2. The summed E-state index contributed by atoms with van der Waals surface area (Å²) in [6.45, 7) is 13.1. The Morgan fingerprint density at radius 2 is 0.840 bits per heavy atom. The van der Waals surface area contributed by atoms with Gasteiger partial charge < -0.3 is 40.2 Å². The predicted molar refractivity (Wildman–Crippen MR) is 86.5 cm³/mol. The van der Waals surface area contributed by atoms with Crippen LogP contribution >= 0.6 is 0 Å². The molecule has 0 amide bonds. The van der Waals surface area contributed by atoms with Gasteiger partial charge in [0.2, 0.25) is 0 Å². The van der Waals surface area contributed by atoms with Gasteiger partial charge in [-0.1, -0.05) is 27.7 Å². The van der Waals surface area contributed by atoms with Crippen molar-refractivity contribution in [3.05, 3.63) is 0 Å². The van der Waals surface area contributed by atoms with Crippen molar-refractivity contribution in [2.75, 3.05) is 13.2 Å². The first kappa shape index (κ1) is 35.6. The number of carboxylic acids is 2. The van der Waals surface area contributed by atoms with E-state index in [0.717, 1.165) is 27.7 Å². The van der Waals surface area contributed by atoms with Crippen molar-refractivity contribution in [3.8, 4) is 0 Å². The number of aliphatic hydroxyl groups is 4. The topological polar surface area (TPSA) is 161 Å². The van der Waals surface area contributed by atoms with Gasteiger partial charge in [0, 0.05) is 13.2 Å². The number of aliphatic carboxylic acids is 2. The average molecular weight is 402 g/mol. The molecule has 0 aromatic rings. The summed E-state index contributed by atoms with van der Waals surface area (Å²) < 4.78 is 0. The van der Waals surface area contributed by atoms with Crippen molar-refractivity contribution >= 4 is 11.9 Å². The van der Waals surface area contributed by atoms with Gasteiger partial charge in [0.15, 0.2) is 0 Å². The maximum atomic E-state index is 9.66. The third kappa shape index (κ3) is 45.2. The molecule has 0 aliphatic rings. The summed E-state index contributed by atoms with van der Waals surface area (Å²) in [5.74, 6) is -2.02. The van der Waals surface area contributed by atoms with Gasteiger partial charge >= 0.3 is 21.7 Å². The first-order valence-corrected chi connectivity index (χ1v) is 7.52. The molecule has 0 spiro atoms. The minimum absolute atomic E-state index is 0. The Morgan fingerprint density at radius 3 is 0.840 bits per heavy atom. The molecule has 0 bridgehead atoms. The zero-order valence-electron chi connectivity index (χ0n) is 16.5. The van der Waals surface area contributed by atoms with Gasteiger partial charge in [0.05, 0.1) is 23.1 Å². The molecule has 0 aromatic carbocycles. The molecule has 0 aliphatic carbocycles. The van der Waals surface area contributed by atoms with Crippen LogP contribution in [0.25, 0.3) is 0 Å². The van der Waals surface area contributed by atoms with Crippen LogP contribution in [0.1, 0.15) is 55.4 Å². The van der Waals surface area contributed by atoms with Gasteiger partial charge in [-0.15, -0.1) is 0 Å². The summed E-state index contributed by atoms with van der Waals surface area (Å²) in [6.07, 6.45) is 0. The molecule has 9 heteroatoms. The minimum atomic E-state index is -1.69. The van der Waals surface area contributed by atoms with E-state index in [1.54, 1.807) is 0 Å². The standard InChI is InChI=1S/2C4H8O3.2C4H10O.Ti/c2*1-4(2,7)3(5)6;2*1-4(2)3-5;/h2*7H,1-2H3,(H,5,6);2*4-5H,3H2,1-2H3;/q;;;;+2/p-2. The van der Waals surface area contributed by atoms with Gasteiger partial charge in [-0.05, 0) is 39.5 Å². The fourth-order valence-electron chi connectivity index (χ4n) is 0. The Balaban J connectivity index is -0.0000000711. The number of carboxylic acid groups (broad SMARTS) is 2. The van der Waals surface area contributed by atoms with Gasteiger partial charge in [-0.2, -0.15) is 0 Å². The molecule has 0 aliphatic heterocycles. The van der Waals surface area contributed by atoms with Gasteiger partial charge in [-0.3, -0.25) is 0 Å². The summed E-state index contributed by atoms with van der Waals surface area (Å²) in [5, 5.41) is 52.5. The van der Waals surface area contributed by atoms with Crippen LogP contribution in [0.3, 0.4) is 0 Å². The molecule has 150 valence electrons. The number of hydrogen-bond acceptors (Lipinski definition) is 8. The number of carbonyl (C=O) groups excluding carboxylic acids is 2. The Kier molecular flexibility index (Phi) is 26.0. The maximum absolute atomic E-state index is 9.66. The Morgan fingerprint density at radius 1 is 0.760 bits per heavy atom. The van der Waals surface area contributed by atoms with Crippen molar-refractivity contribution in [1.29, 1.82) is 0 Å². The van der Waals surface area contributed by atoms with E-state index in [0.29, 0.717) is 25.0 Å². The summed E-state index contributed by atoms with van der Waals surface area (Å²) in [7, 11) is 0. The molecular formula is C16H34O8Ti. The summed E-state index contributed by atoms with van der Waals surface area (Å²) in [6, 6.07) is 0. The van der Waals surface area contributed by atoms with Crippen molar-refractivity contribution in [3.63, 3.8) is 0 Å². The van der Waals surface area contributed by atoms with Crippen molar-refractivity contribution < 1.29 is 61.9 Å². The molecule has 0 saturated heterocycles. The molecule has 8 nitrogen and oxygen atoms in total. The van der Waals surface area contributed by atoms with E-state index in [1.807, 2.05) is 27.7 Å². The summed E-state index contributed by atoms with van der Waals surface area (Å²) in [4.78, 5) is 19.3. The van der Waals surface area contributed by atoms with Crippen LogP contribution in [0.4, 0.5) is 0 Å². The normalized spacial score (nSPS) is 10.2. The van der Waals surface area contributed by atoms with Crippen molar-refractivity contribution in [2.45, 2.75) is 66.6 Å². The van der Waals surface area contributed by atoms with Gasteiger partial charge in [0.1, 0.15) is 0 Å². The zero-order chi connectivity index (χ0) is 20.7. The molecule has 0 rings (SSSR count). The molecule has 4 N–H and O–H groups in total. The second kappa shape index (κ2) is 18.3. The molecule has 0 unspecified atom stereocenters. The quantitative estimate of drug-likeness (QED) is 0.404. The zero-order valence-corrected chi connectivity index (χ0v) is 18.1. The first-order chi connectivity index (χ1) is 10.4. The summed E-state index contributed by atoms with van der Waals surface area (Å²) >= 11 is 0. The Labute approximate surface area is 165 Å². The van der Waals surface area contributed by atoms with Crippen LogP contribution < -0.4 is 10.2 Å². The third-order valence-corrected chi connectivity index (χ3v) is 1.73. The molecule has 0 radical (unpaired) electrons. The molecule has 0 saturated carbocycles. The number of aliphatic hydroxyl groups excluding tert-OH is 2. The van der Waals surface area contributed by atoms with Crippen molar-refractivity contribution in [2.24, 2.45) is 11.8 Å². The van der Waals surface area contributed by atoms with E-state index in [1.165, 1.54) is 0 Å². The second-order valence-electron chi connectivity index (χ2n) is 6.85. The fourth-order valence-corrected chi connectivity index (χ4v) is 0. The largest absolute Gasteiger partial charge is 2.00 e. The van der Waals surface area contributed by atoms with Crippen LogP contribution in [0.2, 0.25) is 0 Å². The van der Waals surface area contributed by atoms with E-state index >= 15 is 0 Å². The average Bonchev–Trinajstić information content (AvgIpc) is 2.38. The minimum Gasteiger partial charge on any atom is -0.547 e. The maximum Gasteiger partial charge on any atom is 2.00 e. The molecule has 0 aromatic heterocycles. The van der Waals surface area contributed by atoms with Crippen LogP contribution in [0, 0.1) is 11.8 Å².